The Morgan fingerprint density at radius 3 is 2.31 bits per heavy atom. The second kappa shape index (κ2) is 4.97. The number of nitrogens with zero attached hydrogens (tertiary/aromatic N) is 1. The molecular weight excluding hydrogens is 162 g/mol. The first-order valence-electron chi connectivity index (χ1n) is 5.52. The fourth-order valence-electron chi connectivity index (χ4n) is 1.76. The van der Waals surface area contributed by atoms with Crippen LogP contribution in [0.5, 0.6) is 0 Å². The normalized spacial score (nSPS) is 19.8. The van der Waals surface area contributed by atoms with Gasteiger partial charge in [0.2, 0.25) is 0 Å². The fraction of sp³-hybridized carbons (Fsp3) is 1.00. The van der Waals surface area contributed by atoms with Gasteiger partial charge in [0.1, 0.15) is 0 Å². The summed E-state index contributed by atoms with van der Waals surface area (Å²) in [4.78, 5) is 2.56. The summed E-state index contributed by atoms with van der Waals surface area (Å²) in [6, 6.07) is 1.44. The number of hydrogen-bond donors (Lipinski definition) is 0. The highest BCUT2D eigenvalue weighted by Gasteiger charge is 2.30. The summed E-state index contributed by atoms with van der Waals surface area (Å²) in [5, 5.41) is 0. The van der Waals surface area contributed by atoms with E-state index < -0.39 is 0 Å². The van der Waals surface area contributed by atoms with Gasteiger partial charge >= 0.3 is 0 Å². The van der Waals surface area contributed by atoms with Crippen molar-refractivity contribution in [3.05, 3.63) is 0 Å². The molecule has 1 rings (SSSR count). The first-order valence-corrected chi connectivity index (χ1v) is 5.52. The minimum Gasteiger partial charge on any atom is -0.377 e. The highest BCUT2D eigenvalue weighted by Crippen LogP contribution is 2.28. The molecule has 1 saturated carbocycles. The van der Waals surface area contributed by atoms with E-state index in [1.807, 2.05) is 0 Å². The molecule has 0 aliphatic heterocycles. The molecule has 1 fully saturated rings. The lowest BCUT2D eigenvalue weighted by Crippen LogP contribution is -2.38. The maximum atomic E-state index is 5.62. The molecule has 2 nitrogen and oxygen atoms in total. The van der Waals surface area contributed by atoms with E-state index in [1.165, 1.54) is 12.8 Å². The summed E-state index contributed by atoms with van der Waals surface area (Å²) in [5.41, 5.74) is 0. The van der Waals surface area contributed by atoms with Gasteiger partial charge in [0, 0.05) is 12.1 Å². The van der Waals surface area contributed by atoms with Gasteiger partial charge in [-0.15, -0.1) is 0 Å². The van der Waals surface area contributed by atoms with E-state index in [4.69, 9.17) is 4.74 Å². The summed E-state index contributed by atoms with van der Waals surface area (Å²) >= 11 is 0. The van der Waals surface area contributed by atoms with Gasteiger partial charge in [-0.25, -0.2) is 0 Å². The molecule has 0 aromatic carbocycles. The minimum atomic E-state index is 0.361. The van der Waals surface area contributed by atoms with Crippen LogP contribution in [-0.2, 0) is 4.74 Å². The van der Waals surface area contributed by atoms with E-state index in [-0.39, 0.29) is 0 Å². The number of ether oxygens (including phenoxy) is 1. The van der Waals surface area contributed by atoms with Crippen molar-refractivity contribution < 1.29 is 4.74 Å². The molecule has 2 heteroatoms. The van der Waals surface area contributed by atoms with Gasteiger partial charge in [-0.3, -0.25) is 4.90 Å². The Morgan fingerprint density at radius 1 is 1.31 bits per heavy atom. The van der Waals surface area contributed by atoms with Crippen LogP contribution in [0, 0.1) is 0 Å². The lowest BCUT2D eigenvalue weighted by atomic mass is 10.3. The average molecular weight is 185 g/mol. The molecule has 0 unspecified atom stereocenters. The molecule has 1 aliphatic carbocycles. The molecule has 0 radical (unpaired) electrons. The quantitative estimate of drug-likeness (QED) is 0.629. The van der Waals surface area contributed by atoms with Crippen molar-refractivity contribution in [3.8, 4) is 0 Å². The van der Waals surface area contributed by atoms with Crippen molar-refractivity contribution in [1.82, 2.24) is 4.90 Å². The summed E-state index contributed by atoms with van der Waals surface area (Å²) in [7, 11) is 0. The molecule has 78 valence electrons. The molecule has 0 aromatic rings. The molecule has 0 aromatic heterocycles. The van der Waals surface area contributed by atoms with Crippen molar-refractivity contribution in [2.24, 2.45) is 0 Å². The molecular formula is C11H23NO. The van der Waals surface area contributed by atoms with E-state index in [0.717, 1.165) is 19.2 Å². The maximum Gasteiger partial charge on any atom is 0.0622 e. The monoisotopic (exact) mass is 185 g/mol. The number of hydrogen-bond acceptors (Lipinski definition) is 2. The standard InChI is InChI=1S/C11H23NO/c1-5-12(11-6-7-11)10(4)8-13-9(2)3/h9-11H,5-8H2,1-4H3/t10-/m1/s1. The van der Waals surface area contributed by atoms with Crippen molar-refractivity contribution >= 4 is 0 Å². The zero-order valence-corrected chi connectivity index (χ0v) is 9.42. The highest BCUT2D eigenvalue weighted by molar-refractivity contribution is 4.86. The lowest BCUT2D eigenvalue weighted by Gasteiger charge is -2.28. The zero-order chi connectivity index (χ0) is 9.84. The molecule has 0 heterocycles. The van der Waals surface area contributed by atoms with Crippen molar-refractivity contribution in [2.45, 2.75) is 58.7 Å². The summed E-state index contributed by atoms with van der Waals surface area (Å²) in [6.45, 7) is 10.7. The van der Waals surface area contributed by atoms with Crippen LogP contribution in [0.15, 0.2) is 0 Å². The van der Waals surface area contributed by atoms with E-state index in [9.17, 15) is 0 Å². The predicted molar refractivity (Wildman–Crippen MR) is 56.0 cm³/mol. The van der Waals surface area contributed by atoms with Gasteiger partial charge in [-0.1, -0.05) is 6.92 Å². The first-order chi connectivity index (χ1) is 6.15. The summed E-state index contributed by atoms with van der Waals surface area (Å²) in [5.74, 6) is 0. The topological polar surface area (TPSA) is 12.5 Å². The number of rotatable bonds is 6. The third kappa shape index (κ3) is 3.65. The third-order valence-corrected chi connectivity index (χ3v) is 2.62. The predicted octanol–water partition coefficient (Wildman–Crippen LogP) is 2.28. The fourth-order valence-corrected chi connectivity index (χ4v) is 1.76. The molecule has 0 saturated heterocycles. The minimum absolute atomic E-state index is 0.361. The van der Waals surface area contributed by atoms with Gasteiger partial charge in [0.05, 0.1) is 12.7 Å². The SMILES string of the molecule is CCN(C1CC1)[C@H](C)COC(C)C. The van der Waals surface area contributed by atoms with Crippen molar-refractivity contribution in [1.29, 1.82) is 0 Å². The van der Waals surface area contributed by atoms with Crippen molar-refractivity contribution in [3.63, 3.8) is 0 Å². The average Bonchev–Trinajstić information content (AvgIpc) is 2.86. The van der Waals surface area contributed by atoms with Crippen LogP contribution >= 0.6 is 0 Å². The Morgan fingerprint density at radius 2 is 1.92 bits per heavy atom. The second-order valence-corrected chi connectivity index (χ2v) is 4.29. The van der Waals surface area contributed by atoms with Gasteiger partial charge in [0.25, 0.3) is 0 Å². The third-order valence-electron chi connectivity index (χ3n) is 2.62. The lowest BCUT2D eigenvalue weighted by molar-refractivity contribution is 0.0292. The second-order valence-electron chi connectivity index (χ2n) is 4.29. The largest absolute Gasteiger partial charge is 0.377 e. The summed E-state index contributed by atoms with van der Waals surface area (Å²) < 4.78 is 5.62. The van der Waals surface area contributed by atoms with Gasteiger partial charge in [0.15, 0.2) is 0 Å². The maximum absolute atomic E-state index is 5.62. The van der Waals surface area contributed by atoms with Gasteiger partial charge in [-0.05, 0) is 40.2 Å². The van der Waals surface area contributed by atoms with Crippen LogP contribution in [-0.4, -0.2) is 36.2 Å². The van der Waals surface area contributed by atoms with Crippen LogP contribution in [0.1, 0.15) is 40.5 Å². The van der Waals surface area contributed by atoms with Gasteiger partial charge in [-0.2, -0.15) is 0 Å². The van der Waals surface area contributed by atoms with Crippen molar-refractivity contribution in [2.75, 3.05) is 13.2 Å². The summed E-state index contributed by atoms with van der Waals surface area (Å²) in [6.07, 6.45) is 3.14. The molecule has 1 atom stereocenters. The molecule has 1 aliphatic rings. The molecule has 0 bridgehead atoms. The van der Waals surface area contributed by atoms with E-state index in [0.29, 0.717) is 12.1 Å². The van der Waals surface area contributed by atoms with Gasteiger partial charge < -0.3 is 4.74 Å². The molecule has 13 heavy (non-hydrogen) atoms. The van der Waals surface area contributed by atoms with Crippen LogP contribution in [0.2, 0.25) is 0 Å². The number of likely N-dealkylation sites (N-methyl/N-ethyl adjacent to an activating group) is 1. The smallest absolute Gasteiger partial charge is 0.0622 e. The molecule has 0 amide bonds. The molecule has 0 spiro atoms. The highest BCUT2D eigenvalue weighted by atomic mass is 16.5. The first kappa shape index (κ1) is 11.0. The van der Waals surface area contributed by atoms with Crippen LogP contribution in [0.25, 0.3) is 0 Å². The van der Waals surface area contributed by atoms with E-state index in [1.54, 1.807) is 0 Å². The Kier molecular flexibility index (Phi) is 4.20. The Bertz CT molecular complexity index is 143. The Balaban J connectivity index is 2.22. The zero-order valence-electron chi connectivity index (χ0n) is 9.42. The molecule has 0 N–H and O–H groups in total. The van der Waals surface area contributed by atoms with Crippen LogP contribution in [0.4, 0.5) is 0 Å². The van der Waals surface area contributed by atoms with E-state index in [2.05, 4.69) is 32.6 Å². The van der Waals surface area contributed by atoms with Crippen LogP contribution in [0.3, 0.4) is 0 Å². The van der Waals surface area contributed by atoms with E-state index >= 15 is 0 Å². The van der Waals surface area contributed by atoms with Crippen LogP contribution < -0.4 is 0 Å². The Hall–Kier alpha value is -0.0800. The Labute approximate surface area is 82.3 Å².